The molecule has 3 amide bonds. The van der Waals surface area contributed by atoms with Crippen LogP contribution in [0, 0.1) is 5.41 Å². The van der Waals surface area contributed by atoms with Crippen molar-refractivity contribution < 1.29 is 24.2 Å². The lowest BCUT2D eigenvalue weighted by molar-refractivity contribution is -0.150. The van der Waals surface area contributed by atoms with Gasteiger partial charge in [0.25, 0.3) is 17.7 Å². The highest BCUT2D eigenvalue weighted by atomic mass is 35.5. The van der Waals surface area contributed by atoms with Gasteiger partial charge in [-0.3, -0.25) is 19.8 Å². The molecule has 0 saturated carbocycles. The van der Waals surface area contributed by atoms with Crippen LogP contribution in [0.5, 0.6) is 0 Å². The number of anilines is 2. The number of halogens is 1. The van der Waals surface area contributed by atoms with Crippen LogP contribution < -0.4 is 16.0 Å². The molecular formula is C22H24ClN5O5. The van der Waals surface area contributed by atoms with Crippen molar-refractivity contribution >= 4 is 47.3 Å². The van der Waals surface area contributed by atoms with Crippen molar-refractivity contribution in [1.82, 2.24) is 4.90 Å². The molecule has 2 aromatic rings. The third kappa shape index (κ3) is 4.68. The van der Waals surface area contributed by atoms with Crippen LogP contribution in [0.3, 0.4) is 0 Å². The Kier molecular flexibility index (Phi) is 7.01. The number of amidine groups is 1. The molecule has 4 rings (SSSR count). The number of nitrogens with two attached hydrogens (primary N) is 1. The van der Waals surface area contributed by atoms with Crippen LogP contribution in [0.2, 0.25) is 0 Å². The Hall–Kier alpha value is -3.47. The number of amides is 3. The summed E-state index contributed by atoms with van der Waals surface area (Å²) in [5.74, 6) is -1.50. The molecule has 11 heteroatoms. The molecule has 2 aliphatic heterocycles. The van der Waals surface area contributed by atoms with Crippen molar-refractivity contribution in [2.45, 2.75) is 18.8 Å². The van der Waals surface area contributed by atoms with Gasteiger partial charge in [-0.2, -0.15) is 0 Å². The number of fused-ring (bicyclic) bond motifs is 1. The fourth-order valence-corrected chi connectivity index (χ4v) is 3.80. The summed E-state index contributed by atoms with van der Waals surface area (Å²) in [4.78, 5) is 40.7. The number of carbonyl (C=O) groups excluding carboxylic acids is 3. The van der Waals surface area contributed by atoms with E-state index in [2.05, 4.69) is 5.32 Å². The Morgan fingerprint density at radius 1 is 1.24 bits per heavy atom. The van der Waals surface area contributed by atoms with Gasteiger partial charge in [0, 0.05) is 42.6 Å². The van der Waals surface area contributed by atoms with Crippen molar-refractivity contribution in [3.8, 4) is 0 Å². The van der Waals surface area contributed by atoms with E-state index in [1.54, 1.807) is 54.4 Å². The van der Waals surface area contributed by atoms with Gasteiger partial charge in [0.05, 0.1) is 6.61 Å². The Morgan fingerprint density at radius 2 is 1.94 bits per heavy atom. The maximum Gasteiger partial charge on any atom is 0.259 e. The number of nitrogens with one attached hydrogen (secondary N) is 2. The first-order chi connectivity index (χ1) is 15.3. The number of rotatable bonds is 5. The second kappa shape index (κ2) is 9.57. The first-order valence-electron chi connectivity index (χ1n) is 10.0. The molecule has 0 bridgehead atoms. The van der Waals surface area contributed by atoms with E-state index < -0.39 is 24.0 Å². The van der Waals surface area contributed by atoms with Crippen LogP contribution in [0.4, 0.5) is 11.4 Å². The summed E-state index contributed by atoms with van der Waals surface area (Å²) < 4.78 is 5.43. The van der Waals surface area contributed by atoms with Crippen LogP contribution in [0.1, 0.15) is 21.5 Å². The second-order valence-electron chi connectivity index (χ2n) is 7.71. The lowest BCUT2D eigenvalue weighted by Gasteiger charge is -2.34. The number of aliphatic hydroxyl groups excluding tert-OH is 1. The number of nitrogens with zero attached hydrogens (tertiary/aromatic N) is 2. The Bertz CT molecular complexity index is 1110. The topological polar surface area (TPSA) is 149 Å². The number of hydrogen-bond donors (Lipinski definition) is 4. The van der Waals surface area contributed by atoms with E-state index in [9.17, 15) is 19.5 Å². The summed E-state index contributed by atoms with van der Waals surface area (Å²) in [5, 5.41) is 20.4. The van der Waals surface area contributed by atoms with Gasteiger partial charge in [0.15, 0.2) is 12.2 Å². The van der Waals surface area contributed by atoms with Gasteiger partial charge in [-0.1, -0.05) is 0 Å². The monoisotopic (exact) mass is 473 g/mol. The molecule has 2 heterocycles. The smallest absolute Gasteiger partial charge is 0.259 e. The van der Waals surface area contributed by atoms with Gasteiger partial charge in [-0.05, 0) is 48.0 Å². The van der Waals surface area contributed by atoms with Gasteiger partial charge in [-0.15, -0.1) is 12.4 Å². The van der Waals surface area contributed by atoms with Crippen molar-refractivity contribution in [1.29, 1.82) is 5.41 Å². The molecule has 0 spiro atoms. The molecule has 2 aromatic carbocycles. The molecule has 1 saturated heterocycles. The molecule has 33 heavy (non-hydrogen) atoms. The molecule has 0 radical (unpaired) electrons. The first kappa shape index (κ1) is 24.2. The average molecular weight is 474 g/mol. The predicted octanol–water partition coefficient (Wildman–Crippen LogP) is 0.709. The van der Waals surface area contributed by atoms with Crippen molar-refractivity contribution in [2.24, 2.45) is 5.73 Å². The second-order valence-corrected chi connectivity index (χ2v) is 7.71. The zero-order valence-corrected chi connectivity index (χ0v) is 18.6. The van der Waals surface area contributed by atoms with E-state index in [4.69, 9.17) is 15.9 Å². The zero-order valence-electron chi connectivity index (χ0n) is 17.8. The molecule has 2 atom stereocenters. The SMILES string of the molecule is CN1Cc2cc(N3CCO[C@H]([C@@H](O)C(=O)Nc4ccc(C(=N)N)cc4)C3=O)ccc2C1=O.Cl. The molecule has 0 aromatic heterocycles. The lowest BCUT2D eigenvalue weighted by Crippen LogP contribution is -2.55. The molecule has 0 unspecified atom stereocenters. The molecular weight excluding hydrogens is 450 g/mol. The van der Waals surface area contributed by atoms with Crippen molar-refractivity contribution in [2.75, 3.05) is 30.4 Å². The van der Waals surface area contributed by atoms with Gasteiger partial charge in [-0.25, -0.2) is 0 Å². The summed E-state index contributed by atoms with van der Waals surface area (Å²) in [6, 6.07) is 11.3. The Labute approximate surface area is 196 Å². The minimum Gasteiger partial charge on any atom is -0.384 e. The third-order valence-electron chi connectivity index (χ3n) is 5.53. The zero-order chi connectivity index (χ0) is 23.0. The van der Waals surface area contributed by atoms with Crippen LogP contribution in [0.25, 0.3) is 0 Å². The number of carbonyl (C=O) groups is 3. The van der Waals surface area contributed by atoms with Gasteiger partial charge in [0.1, 0.15) is 5.84 Å². The number of morpholine rings is 1. The van der Waals surface area contributed by atoms with Crippen LogP contribution in [-0.4, -0.2) is 66.0 Å². The number of hydrogen-bond acceptors (Lipinski definition) is 6. The minimum absolute atomic E-state index is 0. The summed E-state index contributed by atoms with van der Waals surface area (Å²) >= 11 is 0. The van der Waals surface area contributed by atoms with Crippen LogP contribution in [-0.2, 0) is 20.9 Å². The molecule has 174 valence electrons. The fourth-order valence-electron chi connectivity index (χ4n) is 3.80. The molecule has 2 aliphatic rings. The van der Waals surface area contributed by atoms with Gasteiger partial charge >= 0.3 is 0 Å². The van der Waals surface area contributed by atoms with Gasteiger partial charge < -0.3 is 30.7 Å². The highest BCUT2D eigenvalue weighted by molar-refractivity contribution is 6.05. The quantitative estimate of drug-likeness (QED) is 0.371. The third-order valence-corrected chi connectivity index (χ3v) is 5.53. The fraction of sp³-hybridized carbons (Fsp3) is 0.273. The van der Waals surface area contributed by atoms with E-state index in [1.807, 2.05) is 0 Å². The van der Waals surface area contributed by atoms with Crippen molar-refractivity contribution in [3.05, 3.63) is 59.2 Å². The number of aliphatic hydroxyl groups is 1. The Balaban J connectivity index is 0.00000306. The summed E-state index contributed by atoms with van der Waals surface area (Å²) in [6.45, 7) is 0.861. The van der Waals surface area contributed by atoms with Crippen LogP contribution >= 0.6 is 12.4 Å². The maximum atomic E-state index is 13.0. The highest BCUT2D eigenvalue weighted by Crippen LogP contribution is 2.28. The van der Waals surface area contributed by atoms with E-state index in [-0.39, 0.29) is 37.3 Å². The summed E-state index contributed by atoms with van der Waals surface area (Å²) in [7, 11) is 1.71. The van der Waals surface area contributed by atoms with E-state index in [0.29, 0.717) is 29.0 Å². The van der Waals surface area contributed by atoms with E-state index >= 15 is 0 Å². The number of benzene rings is 2. The summed E-state index contributed by atoms with van der Waals surface area (Å²) in [6.07, 6.45) is -3.09. The lowest BCUT2D eigenvalue weighted by atomic mass is 10.1. The van der Waals surface area contributed by atoms with E-state index in [0.717, 1.165) is 5.56 Å². The molecule has 10 nitrogen and oxygen atoms in total. The number of nitrogen functional groups attached to an aromatic ring is 1. The van der Waals surface area contributed by atoms with Crippen LogP contribution in [0.15, 0.2) is 42.5 Å². The standard InChI is InChI=1S/C22H23N5O5.ClH/c1-26-11-13-10-15(6-7-16(13)21(26)30)27-8-9-32-18(22(27)31)17(28)20(29)25-14-4-2-12(3-5-14)19(23)24;/h2-7,10,17-18,28H,8-9,11H2,1H3,(H3,23,24)(H,25,29);1H/t17-,18-;/m1./s1. The maximum absolute atomic E-state index is 13.0. The normalized spacial score (nSPS) is 18.4. The van der Waals surface area contributed by atoms with Crippen molar-refractivity contribution in [3.63, 3.8) is 0 Å². The molecule has 0 aliphatic carbocycles. The average Bonchev–Trinajstić information content (AvgIpc) is 3.06. The minimum atomic E-state index is -1.72. The largest absolute Gasteiger partial charge is 0.384 e. The molecule has 5 N–H and O–H groups in total. The summed E-state index contributed by atoms with van der Waals surface area (Å²) in [5.41, 5.74) is 8.28. The first-order valence-corrected chi connectivity index (χ1v) is 10.0. The predicted molar refractivity (Wildman–Crippen MR) is 124 cm³/mol. The number of ether oxygens (including phenoxy) is 1. The highest BCUT2D eigenvalue weighted by Gasteiger charge is 2.39. The van der Waals surface area contributed by atoms with Gasteiger partial charge in [0.2, 0.25) is 0 Å². The van der Waals surface area contributed by atoms with E-state index in [1.165, 1.54) is 4.90 Å². The Morgan fingerprint density at radius 3 is 2.61 bits per heavy atom. The molecule has 1 fully saturated rings.